The van der Waals surface area contributed by atoms with Crippen LogP contribution in [0, 0.1) is 0 Å². The highest BCUT2D eigenvalue weighted by Crippen LogP contribution is 1.90. The molecule has 3 nitrogen and oxygen atoms in total. The number of rotatable bonds is 5. The molecule has 0 aromatic rings. The minimum absolute atomic E-state index is 0.224. The van der Waals surface area contributed by atoms with Gasteiger partial charge in [0.15, 0.2) is 0 Å². The van der Waals surface area contributed by atoms with Crippen LogP contribution in [-0.4, -0.2) is 10.8 Å². The molecule has 0 amide bonds. The van der Waals surface area contributed by atoms with Crippen molar-refractivity contribution in [2.45, 2.75) is 26.2 Å². The molecule has 9 heavy (non-hydrogen) atoms. The van der Waals surface area contributed by atoms with Crippen molar-refractivity contribution in [1.29, 1.82) is 0 Å². The van der Waals surface area contributed by atoms with Gasteiger partial charge >= 0.3 is 0 Å². The average Bonchev–Trinajstić information content (AvgIpc) is 1.89. The average molecular weight is 148 g/mol. The van der Waals surface area contributed by atoms with E-state index in [-0.39, 0.29) is 11.5 Å². The van der Waals surface area contributed by atoms with Gasteiger partial charge in [0.25, 0.3) is 0 Å². The number of hydrogen-bond donors (Lipinski definition) is 1. The van der Waals surface area contributed by atoms with Gasteiger partial charge in [0.1, 0.15) is 0 Å². The molecular formula is C5H12N2OS. The van der Waals surface area contributed by atoms with Gasteiger partial charge in [-0.1, -0.05) is 19.8 Å². The Balaban J connectivity index is 2.82. The molecule has 54 valence electrons. The van der Waals surface area contributed by atoms with Crippen LogP contribution in [0.25, 0.3) is 0 Å². The van der Waals surface area contributed by atoms with Crippen LogP contribution in [0.4, 0.5) is 0 Å². The summed E-state index contributed by atoms with van der Waals surface area (Å²) in [6, 6.07) is 0. The lowest BCUT2D eigenvalue weighted by Gasteiger charge is -1.92. The maximum atomic E-state index is 9.65. The Bertz CT molecular complexity index is 101. The molecule has 0 radical (unpaired) electrons. The Morgan fingerprint density at radius 3 is 2.89 bits per heavy atom. The molecule has 4 heteroatoms. The second-order valence-electron chi connectivity index (χ2n) is 1.78. The van der Waals surface area contributed by atoms with Crippen LogP contribution in [0.2, 0.25) is 0 Å². The Kier molecular flexibility index (Phi) is 7.59. The van der Waals surface area contributed by atoms with E-state index in [1.165, 1.54) is 12.8 Å². The summed E-state index contributed by atoms with van der Waals surface area (Å²) in [5.41, 5.74) is 2.65. The van der Waals surface area contributed by atoms with Crippen molar-refractivity contribution in [2.75, 3.05) is 6.54 Å². The highest BCUT2D eigenvalue weighted by molar-refractivity contribution is 7.54. The summed E-state index contributed by atoms with van der Waals surface area (Å²) in [7, 11) is 0. The molecule has 0 aliphatic rings. The third kappa shape index (κ3) is 7.78. The maximum Gasteiger partial charge on any atom is 0.217 e. The van der Waals surface area contributed by atoms with Gasteiger partial charge < -0.3 is 0 Å². The van der Waals surface area contributed by atoms with Gasteiger partial charge in [0.05, 0.1) is 0 Å². The van der Waals surface area contributed by atoms with Crippen molar-refractivity contribution in [1.82, 2.24) is 5.43 Å². The normalized spacial score (nSPS) is 9.00. The second-order valence-corrected chi connectivity index (χ2v) is 2.11. The molecule has 0 unspecified atom stereocenters. The van der Waals surface area contributed by atoms with Gasteiger partial charge in [-0.3, -0.25) is 0 Å². The topological polar surface area (TPSA) is 41.5 Å². The fourth-order valence-electron chi connectivity index (χ4n) is 0.526. The smallest absolute Gasteiger partial charge is 0.200 e. The lowest BCUT2D eigenvalue weighted by Crippen LogP contribution is -2.05. The van der Waals surface area contributed by atoms with Crippen molar-refractivity contribution >= 4 is 11.5 Å². The summed E-state index contributed by atoms with van der Waals surface area (Å²) >= 11 is 0.224. The predicted octanol–water partition coefficient (Wildman–Crippen LogP) is 1.08. The summed E-state index contributed by atoms with van der Waals surface area (Å²) in [4.78, 5) is 0. The monoisotopic (exact) mass is 148 g/mol. The largest absolute Gasteiger partial charge is 0.217 e. The van der Waals surface area contributed by atoms with Crippen LogP contribution in [0.15, 0.2) is 4.47 Å². The van der Waals surface area contributed by atoms with E-state index in [0.717, 1.165) is 13.0 Å². The first-order chi connectivity index (χ1) is 4.41. The van der Waals surface area contributed by atoms with Crippen molar-refractivity contribution in [2.24, 2.45) is 4.47 Å². The first-order valence-corrected chi connectivity index (χ1v) is 3.83. The zero-order valence-electron chi connectivity index (χ0n) is 5.59. The molecule has 0 saturated heterocycles. The number of hydrogen-bond acceptors (Lipinski definition) is 2. The van der Waals surface area contributed by atoms with Crippen LogP contribution in [-0.2, 0) is 11.5 Å². The van der Waals surface area contributed by atoms with Crippen LogP contribution < -0.4 is 5.43 Å². The van der Waals surface area contributed by atoms with E-state index in [1.54, 1.807) is 0 Å². The quantitative estimate of drug-likeness (QED) is 0.468. The van der Waals surface area contributed by atoms with Crippen LogP contribution >= 0.6 is 0 Å². The van der Waals surface area contributed by atoms with Gasteiger partial charge in [0, 0.05) is 6.54 Å². The summed E-state index contributed by atoms with van der Waals surface area (Å²) < 4.78 is 13.0. The van der Waals surface area contributed by atoms with E-state index in [9.17, 15) is 4.21 Å². The van der Waals surface area contributed by atoms with E-state index in [4.69, 9.17) is 0 Å². The highest BCUT2D eigenvalue weighted by Gasteiger charge is 1.81. The molecule has 0 atom stereocenters. The van der Waals surface area contributed by atoms with Crippen LogP contribution in [0.3, 0.4) is 0 Å². The fraction of sp³-hybridized carbons (Fsp3) is 1.00. The molecule has 0 aromatic carbocycles. The molecule has 0 aliphatic heterocycles. The van der Waals surface area contributed by atoms with Crippen molar-refractivity contribution in [3.63, 3.8) is 0 Å². The van der Waals surface area contributed by atoms with Gasteiger partial charge in [-0.05, 0) is 6.42 Å². The number of unbranched alkanes of at least 4 members (excludes halogenated alkanes) is 2. The number of nitrogens with zero attached hydrogens (tertiary/aromatic N) is 1. The zero-order chi connectivity index (χ0) is 6.95. The molecule has 1 N–H and O–H groups in total. The molecule has 0 aromatic heterocycles. The third-order valence-corrected chi connectivity index (χ3v) is 1.20. The van der Waals surface area contributed by atoms with E-state index >= 15 is 0 Å². The molecule has 0 heterocycles. The van der Waals surface area contributed by atoms with E-state index in [2.05, 4.69) is 16.8 Å². The van der Waals surface area contributed by atoms with Crippen LogP contribution in [0.5, 0.6) is 0 Å². The lowest BCUT2D eigenvalue weighted by molar-refractivity contribution is 0.638. The fourth-order valence-corrected chi connectivity index (χ4v) is 0.670. The summed E-state index contributed by atoms with van der Waals surface area (Å²) in [5, 5.41) is 0. The van der Waals surface area contributed by atoms with Crippen LogP contribution in [0.1, 0.15) is 26.2 Å². The van der Waals surface area contributed by atoms with Gasteiger partial charge in [-0.15, -0.1) is 4.47 Å². The van der Waals surface area contributed by atoms with E-state index < -0.39 is 0 Å². The third-order valence-electron chi connectivity index (χ3n) is 0.994. The highest BCUT2D eigenvalue weighted by atomic mass is 32.1. The molecule has 0 bridgehead atoms. The Hall–Kier alpha value is -0.220. The minimum Gasteiger partial charge on any atom is -0.200 e. The molecule has 0 spiro atoms. The van der Waals surface area contributed by atoms with Crippen molar-refractivity contribution in [3.8, 4) is 0 Å². The minimum atomic E-state index is 0.224. The molecule has 0 rings (SSSR count). The molecule has 0 fully saturated rings. The first kappa shape index (κ1) is 8.78. The Morgan fingerprint density at radius 2 is 2.33 bits per heavy atom. The molecule has 0 saturated carbocycles. The summed E-state index contributed by atoms with van der Waals surface area (Å²) in [6.07, 6.45) is 3.50. The Morgan fingerprint density at radius 1 is 1.56 bits per heavy atom. The SMILES string of the molecule is CCCCCNN=S=O. The maximum absolute atomic E-state index is 9.65. The van der Waals surface area contributed by atoms with E-state index in [1.807, 2.05) is 0 Å². The van der Waals surface area contributed by atoms with Gasteiger partial charge in [0.2, 0.25) is 11.5 Å². The predicted molar refractivity (Wildman–Crippen MR) is 38.1 cm³/mol. The van der Waals surface area contributed by atoms with Crippen molar-refractivity contribution < 1.29 is 4.21 Å². The first-order valence-electron chi connectivity index (χ1n) is 3.13. The van der Waals surface area contributed by atoms with Crippen molar-refractivity contribution in [3.05, 3.63) is 0 Å². The second kappa shape index (κ2) is 7.78. The summed E-state index contributed by atoms with van der Waals surface area (Å²) in [6.45, 7) is 2.96. The summed E-state index contributed by atoms with van der Waals surface area (Å²) in [5.74, 6) is 0. The Labute approximate surface area is 59.1 Å². The standard InChI is InChI=1S/C5H12N2OS/c1-2-3-4-5-6-7-9-8/h6H,2-5H2,1H3. The number of nitrogens with one attached hydrogen (secondary N) is 1. The van der Waals surface area contributed by atoms with Gasteiger partial charge in [-0.2, -0.15) is 4.21 Å². The van der Waals surface area contributed by atoms with Gasteiger partial charge in [-0.25, -0.2) is 5.43 Å². The molecular weight excluding hydrogens is 136 g/mol. The zero-order valence-corrected chi connectivity index (χ0v) is 6.41. The lowest BCUT2D eigenvalue weighted by atomic mass is 10.3. The van der Waals surface area contributed by atoms with E-state index in [0.29, 0.717) is 0 Å². The molecule has 0 aliphatic carbocycles.